The summed E-state index contributed by atoms with van der Waals surface area (Å²) in [6, 6.07) is 8.58. The molecule has 4 rings (SSSR count). The molecule has 146 valence electrons. The Hall–Kier alpha value is -2.72. The zero-order chi connectivity index (χ0) is 19.7. The van der Waals surface area contributed by atoms with Crippen LogP contribution in [0.3, 0.4) is 0 Å². The maximum Gasteiger partial charge on any atom is 0.316 e. The summed E-state index contributed by atoms with van der Waals surface area (Å²) in [5.74, 6) is -0.179. The van der Waals surface area contributed by atoms with Gasteiger partial charge in [-0.1, -0.05) is 17.3 Å². The SMILES string of the molecule is Cc1cccc(NS(=O)(=O)c2cc(-c3noc(C(=O)N4CCCC4)n3)cs2)c1. The number of carbonyl (C=O) groups excluding carboxylic acids is 1. The van der Waals surface area contributed by atoms with Gasteiger partial charge in [0.15, 0.2) is 0 Å². The van der Waals surface area contributed by atoms with E-state index in [-0.39, 0.29) is 21.8 Å². The molecule has 0 bridgehead atoms. The van der Waals surface area contributed by atoms with Crippen molar-refractivity contribution in [2.75, 3.05) is 17.8 Å². The molecule has 3 aromatic rings. The highest BCUT2D eigenvalue weighted by Crippen LogP contribution is 2.28. The summed E-state index contributed by atoms with van der Waals surface area (Å²) in [7, 11) is -3.73. The number of nitrogens with one attached hydrogen (secondary N) is 1. The number of anilines is 1. The molecule has 1 aliphatic rings. The van der Waals surface area contributed by atoms with Crippen LogP contribution < -0.4 is 4.72 Å². The van der Waals surface area contributed by atoms with E-state index in [1.54, 1.807) is 28.5 Å². The molecule has 0 spiro atoms. The van der Waals surface area contributed by atoms with E-state index < -0.39 is 10.0 Å². The number of aryl methyl sites for hydroxylation is 1. The van der Waals surface area contributed by atoms with Crippen LogP contribution >= 0.6 is 11.3 Å². The van der Waals surface area contributed by atoms with E-state index in [1.807, 2.05) is 13.0 Å². The van der Waals surface area contributed by atoms with Gasteiger partial charge in [-0.25, -0.2) is 8.42 Å². The van der Waals surface area contributed by atoms with E-state index in [2.05, 4.69) is 14.9 Å². The Morgan fingerprint density at radius 2 is 2.04 bits per heavy atom. The summed E-state index contributed by atoms with van der Waals surface area (Å²) in [5, 5.41) is 5.45. The molecule has 8 nitrogen and oxygen atoms in total. The number of aromatic nitrogens is 2. The van der Waals surface area contributed by atoms with Crippen molar-refractivity contribution < 1.29 is 17.7 Å². The monoisotopic (exact) mass is 418 g/mol. The first-order valence-corrected chi connectivity index (χ1v) is 11.1. The minimum absolute atomic E-state index is 0.0783. The number of nitrogens with zero attached hydrogens (tertiary/aromatic N) is 3. The van der Waals surface area contributed by atoms with Crippen LogP contribution in [-0.4, -0.2) is 42.5 Å². The van der Waals surface area contributed by atoms with Gasteiger partial charge in [0.25, 0.3) is 10.0 Å². The molecule has 3 heterocycles. The second-order valence-corrected chi connectivity index (χ2v) is 9.37. The zero-order valence-corrected chi connectivity index (χ0v) is 16.7. The molecule has 1 aliphatic heterocycles. The number of rotatable bonds is 5. The number of carbonyl (C=O) groups is 1. The van der Waals surface area contributed by atoms with Crippen molar-refractivity contribution in [2.24, 2.45) is 0 Å². The van der Waals surface area contributed by atoms with E-state index in [0.29, 0.717) is 24.3 Å². The summed E-state index contributed by atoms with van der Waals surface area (Å²) in [5.41, 5.74) is 1.93. The Balaban J connectivity index is 1.53. The summed E-state index contributed by atoms with van der Waals surface area (Å²) < 4.78 is 33.0. The van der Waals surface area contributed by atoms with Crippen molar-refractivity contribution in [1.29, 1.82) is 0 Å². The highest BCUT2D eigenvalue weighted by molar-refractivity contribution is 7.94. The largest absolute Gasteiger partial charge is 0.334 e. The highest BCUT2D eigenvalue weighted by atomic mass is 32.2. The maximum absolute atomic E-state index is 12.6. The summed E-state index contributed by atoms with van der Waals surface area (Å²) in [4.78, 5) is 18.1. The van der Waals surface area contributed by atoms with Gasteiger partial charge in [-0.3, -0.25) is 9.52 Å². The molecule has 0 radical (unpaired) electrons. The summed E-state index contributed by atoms with van der Waals surface area (Å²) in [6.07, 6.45) is 1.93. The van der Waals surface area contributed by atoms with Gasteiger partial charge in [0, 0.05) is 29.7 Å². The first-order valence-electron chi connectivity index (χ1n) is 8.74. The standard InChI is InChI=1S/C18H18N4O4S2/c1-12-5-4-6-14(9-12)21-28(24,25)15-10-13(11-27-15)16-19-17(26-20-16)18(23)22-7-2-3-8-22/h4-6,9-11,21H,2-3,7-8H2,1H3. The number of sulfonamides is 1. The average Bonchev–Trinajstić information content (AvgIpc) is 3.41. The van der Waals surface area contributed by atoms with Crippen molar-refractivity contribution in [3.63, 3.8) is 0 Å². The average molecular weight is 419 g/mol. The molecule has 1 amide bonds. The van der Waals surface area contributed by atoms with Crippen molar-refractivity contribution >= 4 is 33.0 Å². The lowest BCUT2D eigenvalue weighted by Gasteiger charge is -2.10. The van der Waals surface area contributed by atoms with E-state index >= 15 is 0 Å². The summed E-state index contributed by atoms with van der Waals surface area (Å²) in [6.45, 7) is 3.25. The van der Waals surface area contributed by atoms with Crippen LogP contribution in [0, 0.1) is 6.92 Å². The van der Waals surface area contributed by atoms with Gasteiger partial charge in [0.05, 0.1) is 0 Å². The molecule has 0 aliphatic carbocycles. The van der Waals surface area contributed by atoms with Crippen LogP contribution in [0.15, 0.2) is 44.4 Å². The molecule has 10 heteroatoms. The molecule has 28 heavy (non-hydrogen) atoms. The molecular formula is C18H18N4O4S2. The molecule has 0 unspecified atom stereocenters. The van der Waals surface area contributed by atoms with Crippen LogP contribution in [0.4, 0.5) is 5.69 Å². The Morgan fingerprint density at radius 3 is 2.79 bits per heavy atom. The van der Waals surface area contributed by atoms with E-state index in [1.165, 1.54) is 6.07 Å². The van der Waals surface area contributed by atoms with Crippen molar-refractivity contribution in [3.8, 4) is 11.4 Å². The number of likely N-dealkylation sites (tertiary alicyclic amines) is 1. The topological polar surface area (TPSA) is 105 Å². The van der Waals surface area contributed by atoms with Gasteiger partial charge < -0.3 is 9.42 Å². The van der Waals surface area contributed by atoms with Gasteiger partial charge in [-0.15, -0.1) is 11.3 Å². The number of benzene rings is 1. The number of hydrogen-bond acceptors (Lipinski definition) is 7. The third kappa shape index (κ3) is 3.78. The first-order chi connectivity index (χ1) is 13.4. The van der Waals surface area contributed by atoms with Gasteiger partial charge in [-0.2, -0.15) is 4.98 Å². The maximum atomic E-state index is 12.6. The molecule has 1 fully saturated rings. The number of thiophene rings is 1. The third-order valence-electron chi connectivity index (χ3n) is 4.37. The van der Waals surface area contributed by atoms with Gasteiger partial charge in [-0.05, 0) is 43.5 Å². The molecule has 2 aromatic heterocycles. The Kier molecular flexibility index (Phi) is 4.90. The lowest BCUT2D eigenvalue weighted by atomic mass is 10.2. The molecule has 1 aromatic carbocycles. The Labute approximate surface area is 166 Å². The first kappa shape index (κ1) is 18.6. The van der Waals surface area contributed by atoms with Crippen LogP contribution in [0.1, 0.15) is 29.1 Å². The molecular weight excluding hydrogens is 400 g/mol. The van der Waals surface area contributed by atoms with Crippen molar-refractivity contribution in [1.82, 2.24) is 15.0 Å². The highest BCUT2D eigenvalue weighted by Gasteiger charge is 2.26. The number of amides is 1. The predicted molar refractivity (Wildman–Crippen MR) is 105 cm³/mol. The molecule has 0 atom stereocenters. The third-order valence-corrected chi connectivity index (χ3v) is 7.19. The van der Waals surface area contributed by atoms with E-state index in [9.17, 15) is 13.2 Å². The Morgan fingerprint density at radius 1 is 1.25 bits per heavy atom. The van der Waals surface area contributed by atoms with Gasteiger partial charge in [0.2, 0.25) is 5.82 Å². The van der Waals surface area contributed by atoms with Crippen LogP contribution in [-0.2, 0) is 10.0 Å². The molecule has 1 saturated heterocycles. The predicted octanol–water partition coefficient (Wildman–Crippen LogP) is 3.14. The van der Waals surface area contributed by atoms with Crippen molar-refractivity contribution in [2.45, 2.75) is 24.0 Å². The van der Waals surface area contributed by atoms with Crippen LogP contribution in [0.2, 0.25) is 0 Å². The fourth-order valence-electron chi connectivity index (χ4n) is 2.97. The lowest BCUT2D eigenvalue weighted by molar-refractivity contribution is 0.0743. The van der Waals surface area contributed by atoms with Crippen LogP contribution in [0.5, 0.6) is 0 Å². The van der Waals surface area contributed by atoms with Gasteiger partial charge >= 0.3 is 11.8 Å². The molecule has 1 N–H and O–H groups in total. The normalized spacial score (nSPS) is 14.4. The van der Waals surface area contributed by atoms with Gasteiger partial charge in [0.1, 0.15) is 4.21 Å². The minimum Gasteiger partial charge on any atom is -0.334 e. The van der Waals surface area contributed by atoms with E-state index in [4.69, 9.17) is 4.52 Å². The van der Waals surface area contributed by atoms with Crippen molar-refractivity contribution in [3.05, 3.63) is 47.2 Å². The second kappa shape index (κ2) is 7.36. The lowest BCUT2D eigenvalue weighted by Crippen LogP contribution is -2.27. The second-order valence-electron chi connectivity index (χ2n) is 6.55. The van der Waals surface area contributed by atoms with E-state index in [0.717, 1.165) is 29.7 Å². The minimum atomic E-state index is -3.73. The quantitative estimate of drug-likeness (QED) is 0.682. The summed E-state index contributed by atoms with van der Waals surface area (Å²) >= 11 is 1.05. The fraction of sp³-hybridized carbons (Fsp3) is 0.278. The smallest absolute Gasteiger partial charge is 0.316 e. The molecule has 0 saturated carbocycles. The Bertz CT molecular complexity index is 1110. The van der Waals surface area contributed by atoms with Crippen LogP contribution in [0.25, 0.3) is 11.4 Å². The zero-order valence-electron chi connectivity index (χ0n) is 15.1. The fourth-order valence-corrected chi connectivity index (χ4v) is 5.18. The number of hydrogen-bond donors (Lipinski definition) is 1.